The largest absolute Gasteiger partial charge is 0.452 e. The molecule has 0 unspecified atom stereocenters. The maximum Gasteiger partial charge on any atom is 0.236 e. The van der Waals surface area contributed by atoms with Gasteiger partial charge >= 0.3 is 0 Å². The normalized spacial score (nSPS) is 12.2. The van der Waals surface area contributed by atoms with Crippen molar-refractivity contribution in [3.05, 3.63) is 182 Å². The lowest BCUT2D eigenvalue weighted by Crippen LogP contribution is -2.03. The Bertz CT molecular complexity index is 3640. The fourth-order valence-corrected chi connectivity index (χ4v) is 9.55. The van der Waals surface area contributed by atoms with Crippen molar-refractivity contribution < 1.29 is 4.42 Å². The monoisotopic (exact) mass is 726 g/mol. The first-order valence-corrected chi connectivity index (χ1v) is 19.3. The Kier molecular flexibility index (Phi) is 6.10. The van der Waals surface area contributed by atoms with E-state index in [0.717, 1.165) is 55.3 Å². The van der Waals surface area contributed by atoms with Gasteiger partial charge in [-0.3, -0.25) is 4.57 Å². The van der Waals surface area contributed by atoms with Crippen molar-refractivity contribution in [3.63, 3.8) is 0 Å². The van der Waals surface area contributed by atoms with Crippen molar-refractivity contribution >= 4 is 65.7 Å². The maximum atomic E-state index is 6.68. The number of rotatable bonds is 3. The summed E-state index contributed by atoms with van der Waals surface area (Å²) < 4.78 is 11.4. The number of nitrogens with zero attached hydrogens (tertiary/aromatic N) is 4. The summed E-state index contributed by atoms with van der Waals surface area (Å²) in [5, 5.41) is 5.67. The molecule has 8 aromatic carbocycles. The average Bonchev–Trinajstić information content (AvgIpc) is 3.90. The molecule has 5 heterocycles. The predicted octanol–water partition coefficient (Wildman–Crippen LogP) is 13.6. The lowest BCUT2D eigenvalue weighted by atomic mass is 9.91. The van der Waals surface area contributed by atoms with Crippen molar-refractivity contribution in [1.82, 2.24) is 19.1 Å². The molecule has 13 rings (SSSR count). The number of hydrogen-bond acceptors (Lipinski definition) is 3. The number of aromatic nitrogens is 4. The molecule has 0 spiro atoms. The quantitative estimate of drug-likeness (QED) is 0.182. The van der Waals surface area contributed by atoms with E-state index in [1.54, 1.807) is 0 Å². The first-order valence-electron chi connectivity index (χ1n) is 19.3. The predicted molar refractivity (Wildman–Crippen MR) is 233 cm³/mol. The van der Waals surface area contributed by atoms with Crippen molar-refractivity contribution in [2.45, 2.75) is 0 Å². The molecule has 1 aliphatic rings. The Labute approximate surface area is 326 Å². The van der Waals surface area contributed by atoms with Gasteiger partial charge in [0.1, 0.15) is 16.8 Å². The molecule has 5 heteroatoms. The summed E-state index contributed by atoms with van der Waals surface area (Å²) >= 11 is 0. The summed E-state index contributed by atoms with van der Waals surface area (Å²) in [6.07, 6.45) is 0. The number of hydrogen-bond donors (Lipinski definition) is 0. The average molecular weight is 727 g/mol. The van der Waals surface area contributed by atoms with Crippen LogP contribution in [0.2, 0.25) is 0 Å². The van der Waals surface area contributed by atoms with Crippen LogP contribution in [0.1, 0.15) is 0 Å². The maximum absolute atomic E-state index is 6.68. The molecule has 0 amide bonds. The molecular weight excluding hydrogens is 697 g/mol. The van der Waals surface area contributed by atoms with Crippen LogP contribution in [0.25, 0.3) is 122 Å². The number of para-hydroxylation sites is 4. The highest BCUT2D eigenvalue weighted by Gasteiger charge is 2.30. The SMILES string of the molecule is c1ccc(-c2ccccc2-c2nc(-n3c4ccccc4c4c5c6c(cc43)c3ccccc3n6-c3ccccc3-c3ccccc3-5)nc3c2oc2ccccc23)cc1. The van der Waals surface area contributed by atoms with Crippen LogP contribution in [0.4, 0.5) is 0 Å². The standard InChI is InChI=1S/C52H30N4O/c1-2-16-31(17-3-1)32-18-4-7-23-37(32)48-51-49(39-25-11-15-29-45(39)57-51)54-52(53-48)56-43-28-14-10-24-38(43)46-44(56)30-40-35-21-9-13-27-42(35)55-41-26-12-8-20-34(41)33-19-5-6-22-36(33)47(46)50(40)55/h1-30H. The second kappa shape index (κ2) is 11.4. The van der Waals surface area contributed by atoms with Crippen LogP contribution in [0, 0.1) is 0 Å². The number of furan rings is 1. The van der Waals surface area contributed by atoms with Gasteiger partial charge in [-0.1, -0.05) is 146 Å². The van der Waals surface area contributed by atoms with E-state index < -0.39 is 0 Å². The molecule has 0 fully saturated rings. The Hall–Kier alpha value is -7.76. The van der Waals surface area contributed by atoms with Crippen LogP contribution < -0.4 is 0 Å². The number of fused-ring (bicyclic) bond motifs is 15. The highest BCUT2D eigenvalue weighted by molar-refractivity contribution is 6.28. The molecule has 12 aromatic rings. The Morgan fingerprint density at radius 2 is 1.04 bits per heavy atom. The molecule has 0 saturated heterocycles. The molecule has 4 aromatic heterocycles. The summed E-state index contributed by atoms with van der Waals surface area (Å²) in [6, 6.07) is 64.7. The van der Waals surface area contributed by atoms with Crippen LogP contribution in [-0.2, 0) is 0 Å². The molecule has 264 valence electrons. The van der Waals surface area contributed by atoms with Crippen molar-refractivity contribution in [2.24, 2.45) is 0 Å². The van der Waals surface area contributed by atoms with E-state index in [0.29, 0.717) is 11.5 Å². The fraction of sp³-hybridized carbons (Fsp3) is 0. The van der Waals surface area contributed by atoms with Gasteiger partial charge in [0.2, 0.25) is 5.95 Å². The lowest BCUT2D eigenvalue weighted by Gasteiger charge is -2.13. The van der Waals surface area contributed by atoms with Crippen molar-refractivity contribution in [1.29, 1.82) is 0 Å². The third-order valence-electron chi connectivity index (χ3n) is 11.9. The van der Waals surface area contributed by atoms with Gasteiger partial charge in [-0.05, 0) is 58.7 Å². The zero-order chi connectivity index (χ0) is 37.2. The molecule has 0 N–H and O–H groups in total. The summed E-state index contributed by atoms with van der Waals surface area (Å²) in [6.45, 7) is 0. The van der Waals surface area contributed by atoms with Crippen LogP contribution in [0.3, 0.4) is 0 Å². The second-order valence-corrected chi connectivity index (χ2v) is 14.9. The molecule has 1 aliphatic heterocycles. The van der Waals surface area contributed by atoms with Gasteiger partial charge < -0.3 is 8.98 Å². The van der Waals surface area contributed by atoms with Crippen LogP contribution in [0.15, 0.2) is 186 Å². The summed E-state index contributed by atoms with van der Waals surface area (Å²) in [4.78, 5) is 11.0. The third kappa shape index (κ3) is 4.12. The first-order chi connectivity index (χ1) is 28.3. The minimum absolute atomic E-state index is 0.596. The van der Waals surface area contributed by atoms with E-state index in [4.69, 9.17) is 14.4 Å². The molecule has 0 radical (unpaired) electrons. The fourth-order valence-electron chi connectivity index (χ4n) is 9.55. The van der Waals surface area contributed by atoms with Crippen molar-refractivity contribution in [2.75, 3.05) is 0 Å². The minimum Gasteiger partial charge on any atom is -0.452 e. The van der Waals surface area contributed by atoms with E-state index in [1.165, 1.54) is 55.1 Å². The van der Waals surface area contributed by atoms with Crippen LogP contribution >= 0.6 is 0 Å². The highest BCUT2D eigenvalue weighted by atomic mass is 16.3. The van der Waals surface area contributed by atoms with E-state index in [9.17, 15) is 0 Å². The van der Waals surface area contributed by atoms with Crippen LogP contribution in [0.5, 0.6) is 0 Å². The molecule has 57 heavy (non-hydrogen) atoms. The third-order valence-corrected chi connectivity index (χ3v) is 11.9. The van der Waals surface area contributed by atoms with Crippen LogP contribution in [-0.4, -0.2) is 19.1 Å². The zero-order valence-corrected chi connectivity index (χ0v) is 30.5. The zero-order valence-electron chi connectivity index (χ0n) is 30.5. The van der Waals surface area contributed by atoms with E-state index >= 15 is 0 Å². The van der Waals surface area contributed by atoms with Gasteiger partial charge in [0.25, 0.3) is 0 Å². The van der Waals surface area contributed by atoms with E-state index in [-0.39, 0.29) is 0 Å². The second-order valence-electron chi connectivity index (χ2n) is 14.9. The molecule has 0 saturated carbocycles. The Morgan fingerprint density at radius 3 is 1.86 bits per heavy atom. The van der Waals surface area contributed by atoms with E-state index in [1.807, 2.05) is 18.2 Å². The van der Waals surface area contributed by atoms with Gasteiger partial charge in [0, 0.05) is 43.6 Å². The van der Waals surface area contributed by atoms with Crippen molar-refractivity contribution in [3.8, 4) is 56.3 Å². The van der Waals surface area contributed by atoms with Gasteiger partial charge in [-0.25, -0.2) is 9.97 Å². The topological polar surface area (TPSA) is 48.8 Å². The van der Waals surface area contributed by atoms with E-state index in [2.05, 4.69) is 173 Å². The lowest BCUT2D eigenvalue weighted by molar-refractivity contribution is 0.666. The Morgan fingerprint density at radius 1 is 0.421 bits per heavy atom. The molecular formula is C52H30N4O. The molecule has 0 aliphatic carbocycles. The highest BCUT2D eigenvalue weighted by Crippen LogP contribution is 2.52. The van der Waals surface area contributed by atoms with Gasteiger partial charge in [-0.15, -0.1) is 0 Å². The summed E-state index contributed by atoms with van der Waals surface area (Å²) in [7, 11) is 0. The summed E-state index contributed by atoms with van der Waals surface area (Å²) in [5.41, 5.74) is 16.7. The molecule has 0 bridgehead atoms. The first kappa shape index (κ1) is 30.6. The molecule has 5 nitrogen and oxygen atoms in total. The van der Waals surface area contributed by atoms with Gasteiger partial charge in [-0.2, -0.15) is 0 Å². The number of benzene rings is 8. The Balaban J connectivity index is 1.23. The molecule has 0 atom stereocenters. The smallest absolute Gasteiger partial charge is 0.236 e. The summed E-state index contributed by atoms with van der Waals surface area (Å²) in [5.74, 6) is 0.596. The van der Waals surface area contributed by atoms with Gasteiger partial charge in [0.05, 0.1) is 27.8 Å². The minimum atomic E-state index is 0.596. The van der Waals surface area contributed by atoms with Gasteiger partial charge in [0.15, 0.2) is 5.58 Å².